The van der Waals surface area contributed by atoms with Crippen LogP contribution in [0.5, 0.6) is 17.4 Å². The minimum Gasteiger partial charge on any atom is -0.493 e. The molecule has 1 heterocycles. The van der Waals surface area contributed by atoms with Crippen molar-refractivity contribution in [3.05, 3.63) is 66.0 Å². The molecular formula is C32H50N6O5S. The highest BCUT2D eigenvalue weighted by molar-refractivity contribution is 7.92. The standard InChI is InChI=1S/C26H35N5O5S.C6H15N/c1-20-6-9-22(10-7-20)37(32,33)29-25-26(28-13-12-27-25)36-19-21-8-11-23(34-5)24(18-21)35-17-16-31(4)15-14-30(2)3;1-4-7(5-2)6-3/h6-13,18H,14-17,19H2,1-5H3,(H,27,29);4-6H2,1-3H3. The van der Waals surface area contributed by atoms with E-state index in [9.17, 15) is 8.42 Å². The fraction of sp³-hybridized carbons (Fsp3) is 0.500. The lowest BCUT2D eigenvalue weighted by Gasteiger charge is -2.20. The van der Waals surface area contributed by atoms with E-state index in [0.717, 1.165) is 30.8 Å². The van der Waals surface area contributed by atoms with Crippen molar-refractivity contribution >= 4 is 15.8 Å². The summed E-state index contributed by atoms with van der Waals surface area (Å²) >= 11 is 0. The zero-order chi connectivity index (χ0) is 32.5. The number of aromatic nitrogens is 2. The first kappa shape index (κ1) is 36.7. The van der Waals surface area contributed by atoms with E-state index in [1.165, 1.54) is 44.2 Å². The van der Waals surface area contributed by atoms with Crippen LogP contribution in [0.1, 0.15) is 31.9 Å². The molecular weight excluding hydrogens is 580 g/mol. The normalized spacial score (nSPS) is 11.3. The topological polar surface area (TPSA) is 109 Å². The molecule has 2 aromatic carbocycles. The number of anilines is 1. The molecule has 0 aliphatic rings. The number of likely N-dealkylation sites (N-methyl/N-ethyl adjacent to an activating group) is 2. The van der Waals surface area contributed by atoms with Crippen LogP contribution < -0.4 is 18.9 Å². The second-order valence-electron chi connectivity index (χ2n) is 10.5. The Bertz CT molecular complexity index is 1350. The monoisotopic (exact) mass is 630 g/mol. The SMILES string of the molecule is CCN(CC)CC.COc1ccc(COc2nccnc2NS(=O)(=O)c2ccc(C)cc2)cc1OCCN(C)CCN(C)C. The molecule has 0 bridgehead atoms. The molecule has 0 fully saturated rings. The zero-order valence-corrected chi connectivity index (χ0v) is 28.4. The van der Waals surface area contributed by atoms with E-state index in [1.54, 1.807) is 19.2 Å². The summed E-state index contributed by atoms with van der Waals surface area (Å²) in [5.41, 5.74) is 1.76. The second kappa shape index (κ2) is 19.0. The third-order valence-corrected chi connectivity index (χ3v) is 8.19. The van der Waals surface area contributed by atoms with E-state index in [0.29, 0.717) is 18.1 Å². The Morgan fingerprint density at radius 1 is 0.818 bits per heavy atom. The average molecular weight is 631 g/mol. The molecule has 3 rings (SSSR count). The minimum atomic E-state index is -3.85. The first-order chi connectivity index (χ1) is 21.0. The van der Waals surface area contributed by atoms with Crippen LogP contribution in [0, 0.1) is 6.92 Å². The third kappa shape index (κ3) is 12.7. The minimum absolute atomic E-state index is 0.00817. The molecule has 0 aliphatic heterocycles. The van der Waals surface area contributed by atoms with Gasteiger partial charge in [0.1, 0.15) is 13.2 Å². The second-order valence-corrected chi connectivity index (χ2v) is 12.2. The largest absolute Gasteiger partial charge is 0.493 e. The molecule has 0 unspecified atom stereocenters. The van der Waals surface area contributed by atoms with Crippen LogP contribution >= 0.6 is 0 Å². The Morgan fingerprint density at radius 3 is 2.07 bits per heavy atom. The predicted octanol–water partition coefficient (Wildman–Crippen LogP) is 4.39. The van der Waals surface area contributed by atoms with Crippen molar-refractivity contribution in [2.75, 3.05) is 78.9 Å². The predicted molar refractivity (Wildman–Crippen MR) is 176 cm³/mol. The lowest BCUT2D eigenvalue weighted by Crippen LogP contribution is -2.31. The van der Waals surface area contributed by atoms with Gasteiger partial charge in [-0.3, -0.25) is 4.72 Å². The van der Waals surface area contributed by atoms with E-state index < -0.39 is 10.0 Å². The molecule has 0 radical (unpaired) electrons. The maximum atomic E-state index is 12.8. The summed E-state index contributed by atoms with van der Waals surface area (Å²) < 4.78 is 45.3. The number of nitrogens with zero attached hydrogens (tertiary/aromatic N) is 5. The number of hydrogen-bond donors (Lipinski definition) is 1. The van der Waals surface area contributed by atoms with Crippen LogP contribution in [0.15, 0.2) is 59.8 Å². The zero-order valence-electron chi connectivity index (χ0n) is 27.5. The van der Waals surface area contributed by atoms with Crippen LogP contribution in [0.3, 0.4) is 0 Å². The van der Waals surface area contributed by atoms with Crippen molar-refractivity contribution in [1.29, 1.82) is 0 Å². The lowest BCUT2D eigenvalue weighted by molar-refractivity contribution is 0.216. The van der Waals surface area contributed by atoms with Crippen LogP contribution in [0.4, 0.5) is 5.82 Å². The van der Waals surface area contributed by atoms with Crippen molar-refractivity contribution < 1.29 is 22.6 Å². The van der Waals surface area contributed by atoms with Crippen molar-refractivity contribution in [2.24, 2.45) is 0 Å². The van der Waals surface area contributed by atoms with Crippen LogP contribution in [0.25, 0.3) is 0 Å². The fourth-order valence-corrected chi connectivity index (χ4v) is 4.95. The van der Waals surface area contributed by atoms with Gasteiger partial charge in [0, 0.05) is 32.0 Å². The van der Waals surface area contributed by atoms with E-state index in [4.69, 9.17) is 14.2 Å². The Kier molecular flexibility index (Phi) is 15.9. The number of benzene rings is 2. The third-order valence-electron chi connectivity index (χ3n) is 6.83. The number of sulfonamides is 1. The molecule has 11 nitrogen and oxygen atoms in total. The van der Waals surface area contributed by atoms with Crippen molar-refractivity contribution in [1.82, 2.24) is 24.7 Å². The van der Waals surface area contributed by atoms with E-state index >= 15 is 0 Å². The number of ether oxygens (including phenoxy) is 3. The average Bonchev–Trinajstić information content (AvgIpc) is 3.01. The summed E-state index contributed by atoms with van der Waals surface area (Å²) in [6.07, 6.45) is 2.84. The van der Waals surface area contributed by atoms with Gasteiger partial charge in [-0.2, -0.15) is 0 Å². The van der Waals surface area contributed by atoms with Crippen LogP contribution in [0.2, 0.25) is 0 Å². The maximum Gasteiger partial charge on any atom is 0.263 e. The molecule has 0 amide bonds. The fourth-order valence-electron chi connectivity index (χ4n) is 3.94. The Balaban J connectivity index is 0.000000860. The highest BCUT2D eigenvalue weighted by Crippen LogP contribution is 2.29. The summed E-state index contributed by atoms with van der Waals surface area (Å²) in [4.78, 5) is 15.1. The van der Waals surface area contributed by atoms with Crippen molar-refractivity contribution in [3.63, 3.8) is 0 Å². The quantitative estimate of drug-likeness (QED) is 0.231. The van der Waals surface area contributed by atoms with Gasteiger partial charge in [-0.15, -0.1) is 0 Å². The van der Waals surface area contributed by atoms with Gasteiger partial charge in [0.2, 0.25) is 5.82 Å². The molecule has 1 aromatic heterocycles. The molecule has 3 aromatic rings. The Morgan fingerprint density at radius 2 is 1.48 bits per heavy atom. The first-order valence-electron chi connectivity index (χ1n) is 14.9. The molecule has 1 N–H and O–H groups in total. The summed E-state index contributed by atoms with van der Waals surface area (Å²) in [6, 6.07) is 12.0. The van der Waals surface area contributed by atoms with E-state index in [2.05, 4.69) is 57.2 Å². The smallest absolute Gasteiger partial charge is 0.263 e. The van der Waals surface area contributed by atoms with Crippen LogP contribution in [-0.4, -0.2) is 107 Å². The molecule has 0 aliphatic carbocycles. The molecule has 0 atom stereocenters. The molecule has 0 saturated heterocycles. The van der Waals surface area contributed by atoms with Crippen molar-refractivity contribution in [2.45, 2.75) is 39.2 Å². The number of methoxy groups -OCH3 is 1. The number of rotatable bonds is 17. The van der Waals surface area contributed by atoms with Gasteiger partial charge in [-0.25, -0.2) is 18.4 Å². The van der Waals surface area contributed by atoms with Gasteiger partial charge >= 0.3 is 0 Å². The van der Waals surface area contributed by atoms with Gasteiger partial charge in [0.25, 0.3) is 15.9 Å². The molecule has 12 heteroatoms. The molecule has 44 heavy (non-hydrogen) atoms. The van der Waals surface area contributed by atoms with Gasteiger partial charge in [-0.1, -0.05) is 44.5 Å². The Hall–Kier alpha value is -3.45. The summed E-state index contributed by atoms with van der Waals surface area (Å²) in [6.45, 7) is 15.3. The number of aryl methyl sites for hydroxylation is 1. The highest BCUT2D eigenvalue weighted by atomic mass is 32.2. The van der Waals surface area contributed by atoms with Gasteiger partial charge < -0.3 is 28.9 Å². The number of nitrogens with one attached hydrogen (secondary N) is 1. The number of hydrogen-bond acceptors (Lipinski definition) is 10. The first-order valence-corrected chi connectivity index (χ1v) is 16.4. The molecule has 244 valence electrons. The van der Waals surface area contributed by atoms with E-state index in [-0.39, 0.29) is 23.2 Å². The summed E-state index contributed by atoms with van der Waals surface area (Å²) in [5.74, 6) is 1.29. The highest BCUT2D eigenvalue weighted by Gasteiger charge is 2.18. The van der Waals surface area contributed by atoms with Gasteiger partial charge in [-0.05, 0) is 77.5 Å². The summed E-state index contributed by atoms with van der Waals surface area (Å²) in [5, 5.41) is 0. The molecule has 0 saturated carbocycles. The van der Waals surface area contributed by atoms with Crippen molar-refractivity contribution in [3.8, 4) is 17.4 Å². The lowest BCUT2D eigenvalue weighted by atomic mass is 10.2. The van der Waals surface area contributed by atoms with Gasteiger partial charge in [0.05, 0.1) is 12.0 Å². The van der Waals surface area contributed by atoms with E-state index in [1.807, 2.05) is 39.2 Å². The molecule has 0 spiro atoms. The Labute approximate surface area is 264 Å². The summed E-state index contributed by atoms with van der Waals surface area (Å²) in [7, 11) is 3.89. The maximum absolute atomic E-state index is 12.8. The van der Waals surface area contributed by atoms with Crippen LogP contribution in [-0.2, 0) is 16.6 Å². The van der Waals surface area contributed by atoms with Gasteiger partial charge in [0.15, 0.2) is 11.5 Å².